The fraction of sp³-hybridized carbons (Fsp3) is 0.681. The lowest BCUT2D eigenvalue weighted by Crippen LogP contribution is -2.37. The van der Waals surface area contributed by atoms with Gasteiger partial charge in [0.1, 0.15) is 19.8 Å². The molecule has 0 aliphatic carbocycles. The fourth-order valence-electron chi connectivity index (χ4n) is 8.36. The molecule has 79 heavy (non-hydrogen) atoms. The first-order valence-corrected chi connectivity index (χ1v) is 33.3. The SMILES string of the molecule is CC/C=C\C/C=C\C/C=C\C/C=C\C/C=C\C/C=C\C/C=C\C/C=C\CCCCCCCCCCCCCCC(=O)OC(COC(=O)CCCCCCCCC/C=C\C/C=C\CCCCCC)COP(=O)(O)OCC[N+](C)(C)C. The number of nitrogens with zero attached hydrogens (tertiary/aromatic N) is 1. The molecule has 0 amide bonds. The summed E-state index contributed by atoms with van der Waals surface area (Å²) in [5.41, 5.74) is 0. The van der Waals surface area contributed by atoms with E-state index in [4.69, 9.17) is 18.5 Å². The van der Waals surface area contributed by atoms with Crippen molar-refractivity contribution >= 4 is 19.8 Å². The summed E-state index contributed by atoms with van der Waals surface area (Å²) in [4.78, 5) is 35.7. The van der Waals surface area contributed by atoms with Gasteiger partial charge in [0.15, 0.2) is 6.10 Å². The van der Waals surface area contributed by atoms with Gasteiger partial charge in [-0.25, -0.2) is 4.57 Å². The normalized spacial score (nSPS) is 14.1. The van der Waals surface area contributed by atoms with Crippen LogP contribution in [0.15, 0.2) is 122 Å². The molecule has 0 fully saturated rings. The van der Waals surface area contributed by atoms with E-state index >= 15 is 0 Å². The van der Waals surface area contributed by atoms with Gasteiger partial charge in [0.25, 0.3) is 0 Å². The van der Waals surface area contributed by atoms with E-state index in [1.54, 1.807) is 0 Å². The van der Waals surface area contributed by atoms with Crippen LogP contribution in [0.25, 0.3) is 0 Å². The summed E-state index contributed by atoms with van der Waals surface area (Å²) in [5.74, 6) is -0.811. The van der Waals surface area contributed by atoms with Gasteiger partial charge >= 0.3 is 19.8 Å². The average molecular weight is 1120 g/mol. The van der Waals surface area contributed by atoms with Crippen LogP contribution in [0.4, 0.5) is 0 Å². The molecule has 0 saturated heterocycles. The highest BCUT2D eigenvalue weighted by Crippen LogP contribution is 2.43. The van der Waals surface area contributed by atoms with Crippen LogP contribution in [0.1, 0.15) is 251 Å². The Bertz CT molecular complexity index is 1750. The maximum Gasteiger partial charge on any atom is 0.472 e. The second kappa shape index (κ2) is 59.0. The first kappa shape index (κ1) is 75.4. The molecule has 0 heterocycles. The van der Waals surface area contributed by atoms with E-state index in [0.717, 1.165) is 109 Å². The maximum atomic E-state index is 12.8. The average Bonchev–Trinajstić information content (AvgIpc) is 3.41. The van der Waals surface area contributed by atoms with Crippen molar-refractivity contribution in [3.8, 4) is 0 Å². The van der Waals surface area contributed by atoms with Crippen LogP contribution in [0.3, 0.4) is 0 Å². The number of likely N-dealkylation sites (N-methyl/N-ethyl adjacent to an activating group) is 1. The molecule has 2 unspecified atom stereocenters. The smallest absolute Gasteiger partial charge is 0.462 e. The van der Waals surface area contributed by atoms with Crippen LogP contribution in [0.2, 0.25) is 0 Å². The summed E-state index contributed by atoms with van der Waals surface area (Å²) >= 11 is 0. The molecule has 2 atom stereocenters. The standard InChI is InChI=1S/C69H118NO8P/c1-6-8-10-12-14-16-18-20-22-24-26-27-28-29-30-31-32-33-34-35-36-37-38-39-40-41-42-43-44-46-48-50-52-54-56-58-60-62-69(72)78-67(66-77-79(73,74)76-64-63-70(3,4)5)65-75-68(71)61-59-57-55-53-51-49-47-45-25-23-21-19-17-15-13-11-9-7-2/h8,10,14,16-17,19-20,22-23,25-27,29-30,32-33,35-36,38-39,67H,6-7,9,11-13,15,18,21,24,28,31,34,37,40-66H2,1-5H3/p+1/b10-8-,16-14-,19-17-,22-20-,25-23-,27-26-,30-29-,33-32-,36-35-,39-38-. The number of esters is 2. The topological polar surface area (TPSA) is 108 Å². The van der Waals surface area contributed by atoms with Crippen LogP contribution in [-0.2, 0) is 32.7 Å². The predicted molar refractivity (Wildman–Crippen MR) is 339 cm³/mol. The summed E-state index contributed by atoms with van der Waals surface area (Å²) in [5, 5.41) is 0. The van der Waals surface area contributed by atoms with E-state index in [1.807, 2.05) is 21.1 Å². The van der Waals surface area contributed by atoms with E-state index in [2.05, 4.69) is 135 Å². The molecule has 0 spiro atoms. The molecular weight excluding hydrogens is 1000 g/mol. The van der Waals surface area contributed by atoms with E-state index in [1.165, 1.54) is 109 Å². The third kappa shape index (κ3) is 63.5. The number of phosphoric ester groups is 1. The molecule has 452 valence electrons. The number of quaternary nitrogens is 1. The lowest BCUT2D eigenvalue weighted by molar-refractivity contribution is -0.870. The van der Waals surface area contributed by atoms with Gasteiger partial charge in [-0.2, -0.15) is 0 Å². The third-order valence-corrected chi connectivity index (χ3v) is 14.2. The largest absolute Gasteiger partial charge is 0.472 e. The molecule has 0 aliphatic heterocycles. The van der Waals surface area contributed by atoms with Gasteiger partial charge in [0.05, 0.1) is 27.7 Å². The Morgan fingerprint density at radius 3 is 1.08 bits per heavy atom. The third-order valence-electron chi connectivity index (χ3n) is 13.2. The molecule has 9 nitrogen and oxygen atoms in total. The molecule has 0 aromatic rings. The Morgan fingerprint density at radius 2 is 0.722 bits per heavy atom. The predicted octanol–water partition coefficient (Wildman–Crippen LogP) is 20.3. The van der Waals surface area contributed by atoms with Gasteiger partial charge in [0.2, 0.25) is 0 Å². The van der Waals surface area contributed by atoms with Crippen LogP contribution < -0.4 is 0 Å². The number of allylic oxidation sites excluding steroid dienone is 20. The summed E-state index contributed by atoms with van der Waals surface area (Å²) in [6, 6.07) is 0. The quantitative estimate of drug-likeness (QED) is 0.0211. The number of carbonyl (C=O) groups excluding carboxylic acids is 2. The highest BCUT2D eigenvalue weighted by Gasteiger charge is 2.27. The van der Waals surface area contributed by atoms with Crippen LogP contribution in [0, 0.1) is 0 Å². The van der Waals surface area contributed by atoms with Gasteiger partial charge in [-0.05, 0) is 109 Å². The summed E-state index contributed by atoms with van der Waals surface area (Å²) in [6.07, 6.45) is 84.2. The molecule has 0 rings (SSSR count). The van der Waals surface area contributed by atoms with Crippen molar-refractivity contribution in [2.24, 2.45) is 0 Å². The van der Waals surface area contributed by atoms with E-state index < -0.39 is 26.5 Å². The van der Waals surface area contributed by atoms with Crippen molar-refractivity contribution in [3.05, 3.63) is 122 Å². The van der Waals surface area contributed by atoms with Crippen molar-refractivity contribution in [3.63, 3.8) is 0 Å². The number of hydrogen-bond donors (Lipinski definition) is 1. The van der Waals surface area contributed by atoms with E-state index in [9.17, 15) is 19.0 Å². The zero-order valence-electron chi connectivity index (χ0n) is 51.3. The first-order valence-electron chi connectivity index (χ1n) is 31.8. The van der Waals surface area contributed by atoms with Crippen LogP contribution in [0.5, 0.6) is 0 Å². The van der Waals surface area contributed by atoms with Crippen molar-refractivity contribution in [2.45, 2.75) is 258 Å². The van der Waals surface area contributed by atoms with Crippen LogP contribution in [-0.4, -0.2) is 74.9 Å². The monoisotopic (exact) mass is 1120 g/mol. The van der Waals surface area contributed by atoms with Gasteiger partial charge in [0, 0.05) is 12.8 Å². The number of rotatable bonds is 57. The number of carbonyl (C=O) groups is 2. The summed E-state index contributed by atoms with van der Waals surface area (Å²) < 4.78 is 34.6. The van der Waals surface area contributed by atoms with Gasteiger partial charge < -0.3 is 18.9 Å². The lowest BCUT2D eigenvalue weighted by atomic mass is 10.0. The second-order valence-corrected chi connectivity index (χ2v) is 23.5. The minimum absolute atomic E-state index is 0.0251. The maximum absolute atomic E-state index is 12.8. The number of ether oxygens (including phenoxy) is 2. The van der Waals surface area contributed by atoms with Crippen molar-refractivity contribution in [2.75, 3.05) is 47.5 Å². The van der Waals surface area contributed by atoms with Gasteiger partial charge in [-0.1, -0.05) is 251 Å². The Balaban J connectivity index is 4.10. The van der Waals surface area contributed by atoms with E-state index in [0.29, 0.717) is 17.4 Å². The summed E-state index contributed by atoms with van der Waals surface area (Å²) in [6.45, 7) is 4.29. The minimum atomic E-state index is -4.40. The van der Waals surface area contributed by atoms with Crippen molar-refractivity contribution in [1.82, 2.24) is 0 Å². The number of unbranched alkanes of at least 4 members (excludes halogenated alkanes) is 23. The Hall–Kier alpha value is -3.59. The Morgan fingerprint density at radius 1 is 0.405 bits per heavy atom. The Labute approximate surface area is 486 Å². The van der Waals surface area contributed by atoms with E-state index in [-0.39, 0.29) is 32.0 Å². The summed E-state index contributed by atoms with van der Waals surface area (Å²) in [7, 11) is 1.46. The highest BCUT2D eigenvalue weighted by atomic mass is 31.2. The highest BCUT2D eigenvalue weighted by molar-refractivity contribution is 7.47. The second-order valence-electron chi connectivity index (χ2n) is 22.1. The van der Waals surface area contributed by atoms with Crippen molar-refractivity contribution in [1.29, 1.82) is 0 Å². The molecule has 10 heteroatoms. The number of hydrogen-bond acceptors (Lipinski definition) is 7. The molecule has 0 radical (unpaired) electrons. The fourth-order valence-corrected chi connectivity index (χ4v) is 9.10. The Kier molecular flexibility index (Phi) is 56.4. The first-order chi connectivity index (χ1) is 38.5. The van der Waals surface area contributed by atoms with Gasteiger partial charge in [-0.3, -0.25) is 18.6 Å². The molecular formula is C69H119NO8P+. The van der Waals surface area contributed by atoms with Crippen LogP contribution >= 0.6 is 7.82 Å². The lowest BCUT2D eigenvalue weighted by Gasteiger charge is -2.24. The zero-order chi connectivity index (χ0) is 57.7. The van der Waals surface area contributed by atoms with Gasteiger partial charge in [-0.15, -0.1) is 0 Å². The molecule has 0 aromatic heterocycles. The molecule has 0 saturated carbocycles. The molecule has 0 bridgehead atoms. The zero-order valence-corrected chi connectivity index (χ0v) is 52.2. The molecule has 0 aliphatic rings. The minimum Gasteiger partial charge on any atom is -0.462 e. The molecule has 0 aromatic carbocycles. The van der Waals surface area contributed by atoms with Crippen molar-refractivity contribution < 1.29 is 42.1 Å². The molecule has 1 N–H and O–H groups in total. The number of phosphoric acid groups is 1.